The molecule has 136 valence electrons. The van der Waals surface area contributed by atoms with Crippen molar-refractivity contribution < 1.29 is 19.1 Å². The minimum absolute atomic E-state index is 0.147. The summed E-state index contributed by atoms with van der Waals surface area (Å²) in [7, 11) is 0. The van der Waals surface area contributed by atoms with Crippen LogP contribution in [0, 0.1) is 0 Å². The lowest BCUT2D eigenvalue weighted by Gasteiger charge is -2.22. The Hall–Kier alpha value is -2.22. The first kappa shape index (κ1) is 19.1. The zero-order valence-electron chi connectivity index (χ0n) is 14.1. The fourth-order valence-electron chi connectivity index (χ4n) is 2.26. The second-order valence-corrected chi connectivity index (χ2v) is 6.84. The Labute approximate surface area is 151 Å². The van der Waals surface area contributed by atoms with E-state index in [4.69, 9.17) is 10.5 Å². The number of primary amides is 1. The van der Waals surface area contributed by atoms with Crippen molar-refractivity contribution in [3.8, 4) is 0 Å². The zero-order valence-corrected chi connectivity index (χ0v) is 14.9. The van der Waals surface area contributed by atoms with Crippen molar-refractivity contribution in [1.82, 2.24) is 10.6 Å². The highest BCUT2D eigenvalue weighted by Gasteiger charge is 2.32. The van der Waals surface area contributed by atoms with Crippen molar-refractivity contribution in [3.63, 3.8) is 0 Å². The molecule has 1 fully saturated rings. The van der Waals surface area contributed by atoms with E-state index in [1.165, 1.54) is 11.8 Å². The molecule has 0 aromatic heterocycles. The first-order valence-electron chi connectivity index (χ1n) is 8.12. The van der Waals surface area contributed by atoms with Gasteiger partial charge in [-0.15, -0.1) is 0 Å². The summed E-state index contributed by atoms with van der Waals surface area (Å²) in [6, 6.07) is 7.27. The van der Waals surface area contributed by atoms with Gasteiger partial charge < -0.3 is 21.1 Å². The van der Waals surface area contributed by atoms with Gasteiger partial charge in [-0.05, 0) is 31.3 Å². The summed E-state index contributed by atoms with van der Waals surface area (Å²) < 4.78 is 5.46. The number of hydrogen-bond acceptors (Lipinski definition) is 5. The smallest absolute Gasteiger partial charge is 0.329 e. The summed E-state index contributed by atoms with van der Waals surface area (Å²) in [5.41, 5.74) is 5.72. The van der Waals surface area contributed by atoms with Gasteiger partial charge in [0.25, 0.3) is 5.91 Å². The number of urea groups is 1. The largest absolute Gasteiger partial charge is 0.446 e. The lowest BCUT2D eigenvalue weighted by atomic mass is 10.1. The van der Waals surface area contributed by atoms with Crippen molar-refractivity contribution >= 4 is 29.7 Å². The third kappa shape index (κ3) is 6.30. The third-order valence-electron chi connectivity index (χ3n) is 3.71. The van der Waals surface area contributed by atoms with Gasteiger partial charge in [-0.3, -0.25) is 4.79 Å². The van der Waals surface area contributed by atoms with Crippen LogP contribution in [0.15, 0.2) is 30.3 Å². The average molecular weight is 365 g/mol. The van der Waals surface area contributed by atoms with E-state index >= 15 is 0 Å². The highest BCUT2D eigenvalue weighted by molar-refractivity contribution is 7.98. The number of carbonyl (C=O) groups excluding carboxylic acids is 3. The fraction of sp³-hybridized carbons (Fsp3) is 0.471. The first-order chi connectivity index (χ1) is 12.0. The van der Waals surface area contributed by atoms with Crippen molar-refractivity contribution in [2.75, 3.05) is 12.0 Å². The van der Waals surface area contributed by atoms with Gasteiger partial charge in [-0.25, -0.2) is 9.59 Å². The van der Waals surface area contributed by atoms with Crippen LogP contribution in [0.1, 0.15) is 30.9 Å². The number of carbonyl (C=O) groups is 3. The third-order valence-corrected chi connectivity index (χ3v) is 4.35. The molecule has 25 heavy (non-hydrogen) atoms. The highest BCUT2D eigenvalue weighted by atomic mass is 32.2. The summed E-state index contributed by atoms with van der Waals surface area (Å²) in [4.78, 5) is 36.1. The molecule has 8 heteroatoms. The first-order valence-corrected chi connectivity index (χ1v) is 9.51. The van der Waals surface area contributed by atoms with Crippen LogP contribution in [0.3, 0.4) is 0 Å². The van der Waals surface area contributed by atoms with E-state index in [0.29, 0.717) is 17.7 Å². The maximum Gasteiger partial charge on any atom is 0.329 e. The van der Waals surface area contributed by atoms with Crippen molar-refractivity contribution in [3.05, 3.63) is 35.9 Å². The molecule has 2 atom stereocenters. The van der Waals surface area contributed by atoms with Crippen LogP contribution in [-0.4, -0.2) is 42.0 Å². The number of nitrogens with two attached hydrogens (primary N) is 1. The van der Waals surface area contributed by atoms with E-state index in [-0.39, 0.29) is 11.9 Å². The van der Waals surface area contributed by atoms with Gasteiger partial charge in [0.1, 0.15) is 6.04 Å². The molecule has 0 radical (unpaired) electrons. The molecule has 1 aromatic rings. The molecule has 0 bridgehead atoms. The molecule has 0 heterocycles. The average Bonchev–Trinajstić information content (AvgIpc) is 3.40. The maximum absolute atomic E-state index is 12.5. The molecule has 0 spiro atoms. The molecule has 3 amide bonds. The van der Waals surface area contributed by atoms with Crippen molar-refractivity contribution in [1.29, 1.82) is 0 Å². The topological polar surface area (TPSA) is 111 Å². The predicted octanol–water partition coefficient (Wildman–Crippen LogP) is 1.34. The van der Waals surface area contributed by atoms with E-state index in [9.17, 15) is 14.4 Å². The normalized spacial score (nSPS) is 15.7. The monoisotopic (exact) mass is 365 g/mol. The molecule has 0 saturated heterocycles. The summed E-state index contributed by atoms with van der Waals surface area (Å²) in [6.07, 6.45) is 3.07. The molecule has 0 unspecified atom stereocenters. The maximum atomic E-state index is 12.5. The standard InChI is InChI=1S/C17H23N3O4S/c1-25-10-9-13(20-17(18)23)16(22)24-14(11-5-3-2-4-6-11)15(21)19-12-7-8-12/h2-6,12-14H,7-10H2,1H3,(H,19,21)(H3,18,20,23)/t13-,14-/m1/s1. The quantitative estimate of drug-likeness (QED) is 0.572. The van der Waals surface area contributed by atoms with Crippen LogP contribution >= 0.6 is 11.8 Å². The van der Waals surface area contributed by atoms with Crippen LogP contribution in [0.4, 0.5) is 4.79 Å². The molecule has 1 saturated carbocycles. The Kier molecular flexibility index (Phi) is 7.12. The van der Waals surface area contributed by atoms with E-state index in [0.717, 1.165) is 12.8 Å². The second-order valence-electron chi connectivity index (χ2n) is 5.85. The number of nitrogens with one attached hydrogen (secondary N) is 2. The molecule has 1 aromatic carbocycles. The SMILES string of the molecule is CSCC[C@@H](NC(N)=O)C(=O)O[C@@H](C(=O)NC1CC1)c1ccccc1. The van der Waals surface area contributed by atoms with E-state index in [1.807, 2.05) is 12.3 Å². The predicted molar refractivity (Wildman–Crippen MR) is 95.9 cm³/mol. The molecule has 0 aliphatic heterocycles. The molecule has 1 aliphatic carbocycles. The van der Waals surface area contributed by atoms with Crippen LogP contribution in [-0.2, 0) is 14.3 Å². The Bertz CT molecular complexity index is 607. The Morgan fingerprint density at radius 3 is 2.52 bits per heavy atom. The molecule has 4 N–H and O–H groups in total. The summed E-state index contributed by atoms with van der Waals surface area (Å²) >= 11 is 1.53. The number of esters is 1. The summed E-state index contributed by atoms with van der Waals surface area (Å²) in [5, 5.41) is 5.23. The van der Waals surface area contributed by atoms with Crippen LogP contribution in [0.25, 0.3) is 0 Å². The molecule has 1 aliphatic rings. The lowest BCUT2D eigenvalue weighted by molar-refractivity contribution is -0.158. The summed E-state index contributed by atoms with van der Waals surface area (Å²) in [6.45, 7) is 0. The van der Waals surface area contributed by atoms with Gasteiger partial charge in [-0.1, -0.05) is 30.3 Å². The summed E-state index contributed by atoms with van der Waals surface area (Å²) in [5.74, 6) is -0.387. The highest BCUT2D eigenvalue weighted by Crippen LogP contribution is 2.23. The van der Waals surface area contributed by atoms with E-state index in [1.54, 1.807) is 24.3 Å². The minimum Gasteiger partial charge on any atom is -0.446 e. The van der Waals surface area contributed by atoms with Crippen molar-refractivity contribution in [2.24, 2.45) is 5.73 Å². The molecular weight excluding hydrogens is 342 g/mol. The number of hydrogen-bond donors (Lipinski definition) is 3. The van der Waals surface area contributed by atoms with Crippen LogP contribution < -0.4 is 16.4 Å². The van der Waals surface area contributed by atoms with Gasteiger partial charge in [0, 0.05) is 11.6 Å². The molecule has 7 nitrogen and oxygen atoms in total. The van der Waals surface area contributed by atoms with Crippen LogP contribution in [0.5, 0.6) is 0 Å². The van der Waals surface area contributed by atoms with Gasteiger partial charge >= 0.3 is 12.0 Å². The number of ether oxygens (including phenoxy) is 1. The Balaban J connectivity index is 2.11. The van der Waals surface area contributed by atoms with Gasteiger partial charge in [-0.2, -0.15) is 11.8 Å². The molecular formula is C17H23N3O4S. The number of thioether (sulfide) groups is 1. The number of amides is 3. The van der Waals surface area contributed by atoms with Crippen LogP contribution in [0.2, 0.25) is 0 Å². The van der Waals surface area contributed by atoms with Gasteiger partial charge in [0.05, 0.1) is 0 Å². The fourth-order valence-corrected chi connectivity index (χ4v) is 2.73. The Morgan fingerprint density at radius 1 is 1.28 bits per heavy atom. The molecule has 2 rings (SSSR count). The van der Waals surface area contributed by atoms with E-state index in [2.05, 4.69) is 10.6 Å². The van der Waals surface area contributed by atoms with Gasteiger partial charge in [0.2, 0.25) is 6.10 Å². The number of rotatable bonds is 9. The van der Waals surface area contributed by atoms with Crippen molar-refractivity contribution in [2.45, 2.75) is 37.5 Å². The second kappa shape index (κ2) is 9.31. The van der Waals surface area contributed by atoms with E-state index < -0.39 is 24.1 Å². The minimum atomic E-state index is -1.05. The number of benzene rings is 1. The van der Waals surface area contributed by atoms with Gasteiger partial charge in [0.15, 0.2) is 0 Å². The zero-order chi connectivity index (χ0) is 18.2. The Morgan fingerprint density at radius 2 is 1.96 bits per heavy atom. The lowest BCUT2D eigenvalue weighted by Crippen LogP contribution is -2.46.